The maximum atomic E-state index is 13.0. The summed E-state index contributed by atoms with van der Waals surface area (Å²) in [6.07, 6.45) is 0. The SMILES string of the molecule is CC(=O)c1ccc(NC(=O)c2cc(NCc3ccc(F)cc3)nc(C)n2)cc1. The number of hydrogen-bond donors (Lipinski definition) is 2. The van der Waals surface area contributed by atoms with Crippen LogP contribution in [0.4, 0.5) is 15.9 Å². The largest absolute Gasteiger partial charge is 0.366 e. The summed E-state index contributed by atoms with van der Waals surface area (Å²) in [5, 5.41) is 5.86. The molecule has 0 fully saturated rings. The monoisotopic (exact) mass is 378 g/mol. The van der Waals surface area contributed by atoms with Crippen molar-refractivity contribution in [2.75, 3.05) is 10.6 Å². The number of hydrogen-bond acceptors (Lipinski definition) is 5. The molecule has 3 aromatic rings. The van der Waals surface area contributed by atoms with E-state index in [0.717, 1.165) is 5.56 Å². The molecule has 0 spiro atoms. The standard InChI is InChI=1S/C21H19FN4O2/c1-13(27)16-5-9-18(10-6-16)26-21(28)19-11-20(25-14(2)24-19)23-12-15-3-7-17(22)8-4-15/h3-11H,12H2,1-2H3,(H,26,28)(H,23,24,25). The summed E-state index contributed by atoms with van der Waals surface area (Å²) in [6, 6.07) is 14.3. The topological polar surface area (TPSA) is 84.0 Å². The van der Waals surface area contributed by atoms with E-state index in [9.17, 15) is 14.0 Å². The number of carbonyl (C=O) groups excluding carboxylic acids is 2. The summed E-state index contributed by atoms with van der Waals surface area (Å²) in [7, 11) is 0. The Bertz CT molecular complexity index is 1000. The molecule has 0 aliphatic rings. The van der Waals surface area contributed by atoms with Gasteiger partial charge in [-0.1, -0.05) is 12.1 Å². The zero-order valence-corrected chi connectivity index (χ0v) is 15.5. The highest BCUT2D eigenvalue weighted by atomic mass is 19.1. The highest BCUT2D eigenvalue weighted by Gasteiger charge is 2.11. The van der Waals surface area contributed by atoms with Crippen LogP contribution in [-0.2, 0) is 6.54 Å². The highest BCUT2D eigenvalue weighted by molar-refractivity contribution is 6.03. The number of carbonyl (C=O) groups is 2. The Balaban J connectivity index is 1.70. The van der Waals surface area contributed by atoms with Gasteiger partial charge in [0.2, 0.25) is 0 Å². The van der Waals surface area contributed by atoms with Crippen molar-refractivity contribution in [1.29, 1.82) is 0 Å². The fourth-order valence-electron chi connectivity index (χ4n) is 2.55. The molecule has 2 N–H and O–H groups in total. The van der Waals surface area contributed by atoms with Crippen LogP contribution in [0.5, 0.6) is 0 Å². The van der Waals surface area contributed by atoms with E-state index in [1.165, 1.54) is 19.1 Å². The van der Waals surface area contributed by atoms with Crippen LogP contribution in [0.1, 0.15) is 39.2 Å². The van der Waals surface area contributed by atoms with Crippen molar-refractivity contribution in [2.24, 2.45) is 0 Å². The number of aryl methyl sites for hydroxylation is 1. The van der Waals surface area contributed by atoms with E-state index in [1.54, 1.807) is 49.4 Å². The molecular weight excluding hydrogens is 359 g/mol. The smallest absolute Gasteiger partial charge is 0.274 e. The van der Waals surface area contributed by atoms with E-state index >= 15 is 0 Å². The number of amides is 1. The molecule has 0 saturated heterocycles. The average Bonchev–Trinajstić information content (AvgIpc) is 2.67. The molecule has 28 heavy (non-hydrogen) atoms. The van der Waals surface area contributed by atoms with Crippen molar-refractivity contribution in [1.82, 2.24) is 9.97 Å². The number of nitrogens with one attached hydrogen (secondary N) is 2. The molecule has 6 nitrogen and oxygen atoms in total. The minimum Gasteiger partial charge on any atom is -0.366 e. The summed E-state index contributed by atoms with van der Waals surface area (Å²) in [5.41, 5.74) is 2.23. The van der Waals surface area contributed by atoms with Crippen LogP contribution in [0.3, 0.4) is 0 Å². The van der Waals surface area contributed by atoms with E-state index in [4.69, 9.17) is 0 Å². The lowest BCUT2D eigenvalue weighted by molar-refractivity contribution is 0.101. The van der Waals surface area contributed by atoms with Gasteiger partial charge in [0.1, 0.15) is 23.2 Å². The van der Waals surface area contributed by atoms with E-state index in [0.29, 0.717) is 29.4 Å². The number of benzene rings is 2. The number of anilines is 2. The summed E-state index contributed by atoms with van der Waals surface area (Å²) < 4.78 is 13.0. The normalized spacial score (nSPS) is 10.4. The molecule has 0 aliphatic carbocycles. The summed E-state index contributed by atoms with van der Waals surface area (Å²) >= 11 is 0. The lowest BCUT2D eigenvalue weighted by Crippen LogP contribution is -2.16. The zero-order chi connectivity index (χ0) is 20.1. The predicted molar refractivity (Wildman–Crippen MR) is 105 cm³/mol. The minimum absolute atomic E-state index is 0.0406. The van der Waals surface area contributed by atoms with Crippen LogP contribution in [-0.4, -0.2) is 21.7 Å². The Labute approximate surface area is 161 Å². The first kappa shape index (κ1) is 19.2. The minimum atomic E-state index is -0.383. The molecule has 0 atom stereocenters. The van der Waals surface area contributed by atoms with Gasteiger partial charge in [-0.25, -0.2) is 14.4 Å². The Morgan fingerprint density at radius 2 is 1.68 bits per heavy atom. The fraction of sp³-hybridized carbons (Fsp3) is 0.143. The van der Waals surface area contributed by atoms with Crippen molar-refractivity contribution in [3.63, 3.8) is 0 Å². The third kappa shape index (κ3) is 4.97. The van der Waals surface area contributed by atoms with Gasteiger partial charge in [-0.3, -0.25) is 9.59 Å². The molecule has 3 rings (SSSR count). The van der Waals surface area contributed by atoms with Crippen molar-refractivity contribution in [3.05, 3.63) is 83.1 Å². The van der Waals surface area contributed by atoms with Crippen molar-refractivity contribution in [2.45, 2.75) is 20.4 Å². The van der Waals surface area contributed by atoms with Crippen LogP contribution < -0.4 is 10.6 Å². The molecular formula is C21H19FN4O2. The van der Waals surface area contributed by atoms with Crippen molar-refractivity contribution in [3.8, 4) is 0 Å². The number of aromatic nitrogens is 2. The van der Waals surface area contributed by atoms with E-state index < -0.39 is 0 Å². The second-order valence-corrected chi connectivity index (χ2v) is 6.25. The number of nitrogens with zero attached hydrogens (tertiary/aromatic N) is 2. The lowest BCUT2D eigenvalue weighted by Gasteiger charge is -2.10. The molecule has 7 heteroatoms. The van der Waals surface area contributed by atoms with Crippen LogP contribution in [0.25, 0.3) is 0 Å². The van der Waals surface area contributed by atoms with Gasteiger partial charge >= 0.3 is 0 Å². The maximum Gasteiger partial charge on any atom is 0.274 e. The van der Waals surface area contributed by atoms with E-state index in [1.807, 2.05) is 0 Å². The first-order valence-electron chi connectivity index (χ1n) is 8.67. The molecule has 0 bridgehead atoms. The molecule has 2 aromatic carbocycles. The molecule has 1 heterocycles. The molecule has 142 valence electrons. The fourth-order valence-corrected chi connectivity index (χ4v) is 2.55. The first-order chi connectivity index (χ1) is 13.4. The molecule has 0 aliphatic heterocycles. The quantitative estimate of drug-likeness (QED) is 0.634. The van der Waals surface area contributed by atoms with Crippen molar-refractivity contribution >= 4 is 23.2 Å². The van der Waals surface area contributed by atoms with Gasteiger partial charge in [0.05, 0.1) is 0 Å². The Kier molecular flexibility index (Phi) is 5.74. The van der Waals surface area contributed by atoms with Crippen LogP contribution in [0.15, 0.2) is 54.6 Å². The second kappa shape index (κ2) is 8.39. The lowest BCUT2D eigenvalue weighted by atomic mass is 10.1. The Morgan fingerprint density at radius 3 is 2.32 bits per heavy atom. The Hall–Kier alpha value is -3.61. The summed E-state index contributed by atoms with van der Waals surface area (Å²) in [4.78, 5) is 32.3. The maximum absolute atomic E-state index is 13.0. The van der Waals surface area contributed by atoms with Crippen LogP contribution in [0.2, 0.25) is 0 Å². The average molecular weight is 378 g/mol. The number of ketones is 1. The molecule has 0 saturated carbocycles. The van der Waals surface area contributed by atoms with E-state index in [2.05, 4.69) is 20.6 Å². The Morgan fingerprint density at radius 1 is 1.00 bits per heavy atom. The van der Waals surface area contributed by atoms with Gasteiger partial charge in [-0.2, -0.15) is 0 Å². The second-order valence-electron chi connectivity index (χ2n) is 6.25. The van der Waals surface area contributed by atoms with Gasteiger partial charge < -0.3 is 10.6 Å². The third-order valence-corrected chi connectivity index (χ3v) is 4.01. The number of Topliss-reactive ketones (excluding diaryl/α,β-unsaturated/α-hetero) is 1. The number of halogens is 1. The van der Waals surface area contributed by atoms with Crippen LogP contribution in [0, 0.1) is 12.7 Å². The summed E-state index contributed by atoms with van der Waals surface area (Å²) in [5.74, 6) is 0.221. The van der Waals surface area contributed by atoms with E-state index in [-0.39, 0.29) is 23.2 Å². The van der Waals surface area contributed by atoms with Crippen molar-refractivity contribution < 1.29 is 14.0 Å². The van der Waals surface area contributed by atoms with Gasteiger partial charge in [0.15, 0.2) is 5.78 Å². The molecule has 1 aromatic heterocycles. The zero-order valence-electron chi connectivity index (χ0n) is 15.5. The highest BCUT2D eigenvalue weighted by Crippen LogP contribution is 2.14. The number of rotatable bonds is 6. The van der Waals surface area contributed by atoms with Gasteiger partial charge in [-0.05, 0) is 55.8 Å². The van der Waals surface area contributed by atoms with Gasteiger partial charge in [0.25, 0.3) is 5.91 Å². The summed E-state index contributed by atoms with van der Waals surface area (Å²) in [6.45, 7) is 3.61. The molecule has 1 amide bonds. The predicted octanol–water partition coefficient (Wildman–Crippen LogP) is 3.99. The van der Waals surface area contributed by atoms with Gasteiger partial charge in [0, 0.05) is 23.9 Å². The molecule has 0 radical (unpaired) electrons. The van der Waals surface area contributed by atoms with Gasteiger partial charge in [-0.15, -0.1) is 0 Å². The molecule has 0 unspecified atom stereocenters. The van der Waals surface area contributed by atoms with Crippen LogP contribution >= 0.6 is 0 Å². The first-order valence-corrected chi connectivity index (χ1v) is 8.67. The third-order valence-electron chi connectivity index (χ3n) is 4.01.